The summed E-state index contributed by atoms with van der Waals surface area (Å²) in [6.07, 6.45) is -2.88. The summed E-state index contributed by atoms with van der Waals surface area (Å²) >= 11 is 0. The Morgan fingerprint density at radius 3 is 2.19 bits per heavy atom. The maximum absolute atomic E-state index is 12.4. The Bertz CT molecular complexity index is 556. The number of hydrogen-bond acceptors (Lipinski definition) is 3. The van der Waals surface area contributed by atoms with Crippen LogP contribution in [-0.2, 0) is 12.6 Å². The second-order valence-corrected chi connectivity index (χ2v) is 4.17. The lowest BCUT2D eigenvalue weighted by molar-refractivity contribution is -0.137. The summed E-state index contributed by atoms with van der Waals surface area (Å²) in [5.41, 5.74) is 5.71. The van der Waals surface area contributed by atoms with Crippen LogP contribution in [0, 0.1) is 0 Å². The quantitative estimate of drug-likeness (QED) is 0.932. The average molecular weight is 319 g/mol. The molecule has 21 heavy (non-hydrogen) atoms. The maximum Gasteiger partial charge on any atom is 0.417 e. The lowest BCUT2D eigenvalue weighted by Crippen LogP contribution is -2.05. The van der Waals surface area contributed by atoms with Gasteiger partial charge in [0.2, 0.25) is 5.88 Å². The fraction of sp³-hybridized carbons (Fsp3) is 0.214. The van der Waals surface area contributed by atoms with E-state index in [1.165, 1.54) is 6.07 Å². The van der Waals surface area contributed by atoms with E-state index in [1.54, 1.807) is 12.1 Å². The fourth-order valence-corrected chi connectivity index (χ4v) is 1.62. The highest BCUT2D eigenvalue weighted by Crippen LogP contribution is 2.30. The molecule has 1 aromatic carbocycles. The van der Waals surface area contributed by atoms with E-state index in [0.29, 0.717) is 12.3 Å². The number of rotatable bonds is 4. The van der Waals surface area contributed by atoms with Gasteiger partial charge in [0.15, 0.2) is 0 Å². The predicted octanol–water partition coefficient (Wildman–Crippen LogP) is 3.82. The van der Waals surface area contributed by atoms with Gasteiger partial charge in [0, 0.05) is 12.3 Å². The van der Waals surface area contributed by atoms with Crippen LogP contribution in [0.3, 0.4) is 0 Å². The average Bonchev–Trinajstić information content (AvgIpc) is 2.41. The number of halogens is 4. The van der Waals surface area contributed by atoms with E-state index in [4.69, 9.17) is 10.5 Å². The highest BCUT2D eigenvalue weighted by Gasteiger charge is 2.30. The molecule has 0 bridgehead atoms. The van der Waals surface area contributed by atoms with E-state index in [9.17, 15) is 13.2 Å². The summed E-state index contributed by atoms with van der Waals surface area (Å²) in [5, 5.41) is 0. The van der Waals surface area contributed by atoms with Crippen LogP contribution in [0.4, 0.5) is 13.2 Å². The van der Waals surface area contributed by atoms with Gasteiger partial charge in [-0.15, -0.1) is 12.4 Å². The molecule has 1 aromatic heterocycles. The van der Waals surface area contributed by atoms with Gasteiger partial charge in [-0.25, -0.2) is 4.98 Å². The van der Waals surface area contributed by atoms with Gasteiger partial charge in [-0.05, 0) is 36.7 Å². The van der Waals surface area contributed by atoms with Crippen molar-refractivity contribution in [3.8, 4) is 11.6 Å². The Morgan fingerprint density at radius 2 is 1.71 bits per heavy atom. The lowest BCUT2D eigenvalue weighted by Gasteiger charge is -2.08. The van der Waals surface area contributed by atoms with Crippen molar-refractivity contribution in [2.75, 3.05) is 6.54 Å². The first-order valence-corrected chi connectivity index (χ1v) is 5.99. The van der Waals surface area contributed by atoms with Crippen molar-refractivity contribution in [3.63, 3.8) is 0 Å². The standard InChI is InChI=1S/C14H13F3N2O.ClH/c15-14(16,17)11-3-6-13(19-9-11)20-12-4-1-10(2-5-12)7-8-18;/h1-6,9H,7-8,18H2;1H. The molecule has 0 radical (unpaired) electrons. The van der Waals surface area contributed by atoms with Crippen LogP contribution < -0.4 is 10.5 Å². The topological polar surface area (TPSA) is 48.1 Å². The van der Waals surface area contributed by atoms with Crippen LogP contribution in [-0.4, -0.2) is 11.5 Å². The number of alkyl halides is 3. The molecule has 3 nitrogen and oxygen atoms in total. The maximum atomic E-state index is 12.4. The molecule has 0 fully saturated rings. The third kappa shape index (κ3) is 4.91. The summed E-state index contributed by atoms with van der Waals surface area (Å²) in [7, 11) is 0. The van der Waals surface area contributed by atoms with Crippen LogP contribution in [0.2, 0.25) is 0 Å². The molecule has 0 aliphatic carbocycles. The van der Waals surface area contributed by atoms with E-state index >= 15 is 0 Å². The molecule has 2 aromatic rings. The van der Waals surface area contributed by atoms with Crippen LogP contribution in [0.1, 0.15) is 11.1 Å². The minimum absolute atomic E-state index is 0. The molecule has 0 aliphatic heterocycles. The third-order valence-corrected chi connectivity index (χ3v) is 2.64. The largest absolute Gasteiger partial charge is 0.439 e. The number of aromatic nitrogens is 1. The minimum Gasteiger partial charge on any atom is -0.439 e. The van der Waals surface area contributed by atoms with Gasteiger partial charge >= 0.3 is 6.18 Å². The number of nitrogens with two attached hydrogens (primary N) is 1. The molecule has 114 valence electrons. The Labute approximate surface area is 126 Å². The number of nitrogens with zero attached hydrogens (tertiary/aromatic N) is 1. The number of hydrogen-bond donors (Lipinski definition) is 1. The molecule has 0 atom stereocenters. The fourth-order valence-electron chi connectivity index (χ4n) is 1.62. The molecule has 1 heterocycles. The monoisotopic (exact) mass is 318 g/mol. The SMILES string of the molecule is Cl.NCCc1ccc(Oc2ccc(C(F)(F)F)cn2)cc1. The normalized spacial score (nSPS) is 10.9. The zero-order valence-corrected chi connectivity index (χ0v) is 11.7. The van der Waals surface area contributed by atoms with Gasteiger partial charge in [-0.2, -0.15) is 13.2 Å². The molecule has 0 saturated heterocycles. The van der Waals surface area contributed by atoms with Crippen molar-refractivity contribution in [2.45, 2.75) is 12.6 Å². The van der Waals surface area contributed by atoms with Crippen LogP contribution in [0.25, 0.3) is 0 Å². The molecule has 0 amide bonds. The number of pyridine rings is 1. The van der Waals surface area contributed by atoms with E-state index < -0.39 is 11.7 Å². The smallest absolute Gasteiger partial charge is 0.417 e. The van der Waals surface area contributed by atoms with Crippen molar-refractivity contribution < 1.29 is 17.9 Å². The number of ether oxygens (including phenoxy) is 1. The van der Waals surface area contributed by atoms with Crippen molar-refractivity contribution in [1.82, 2.24) is 4.98 Å². The molecule has 0 unspecified atom stereocenters. The van der Waals surface area contributed by atoms with Crippen molar-refractivity contribution >= 4 is 12.4 Å². The van der Waals surface area contributed by atoms with Crippen molar-refractivity contribution in [1.29, 1.82) is 0 Å². The minimum atomic E-state index is -4.39. The molecular formula is C14H14ClF3N2O. The summed E-state index contributed by atoms with van der Waals surface area (Å²) in [5.74, 6) is 0.627. The van der Waals surface area contributed by atoms with E-state index in [1.807, 2.05) is 12.1 Å². The van der Waals surface area contributed by atoms with Crippen LogP contribution in [0.15, 0.2) is 42.6 Å². The summed E-state index contributed by atoms with van der Waals surface area (Å²) < 4.78 is 42.5. The van der Waals surface area contributed by atoms with Gasteiger partial charge in [0.1, 0.15) is 5.75 Å². The Kier molecular flexibility index (Phi) is 5.99. The summed E-state index contributed by atoms with van der Waals surface area (Å²) in [6, 6.07) is 9.29. The zero-order valence-electron chi connectivity index (χ0n) is 10.9. The van der Waals surface area contributed by atoms with Gasteiger partial charge in [0.05, 0.1) is 5.56 Å². The summed E-state index contributed by atoms with van der Waals surface area (Å²) in [4.78, 5) is 3.64. The van der Waals surface area contributed by atoms with Gasteiger partial charge in [-0.1, -0.05) is 12.1 Å². The zero-order chi connectivity index (χ0) is 14.6. The Hall–Kier alpha value is -1.79. The predicted molar refractivity (Wildman–Crippen MR) is 75.8 cm³/mol. The van der Waals surface area contributed by atoms with Crippen LogP contribution >= 0.6 is 12.4 Å². The second-order valence-electron chi connectivity index (χ2n) is 4.17. The highest BCUT2D eigenvalue weighted by molar-refractivity contribution is 5.85. The molecule has 0 spiro atoms. The highest BCUT2D eigenvalue weighted by atomic mass is 35.5. The molecule has 2 rings (SSSR count). The second kappa shape index (κ2) is 7.28. The molecular weight excluding hydrogens is 305 g/mol. The van der Waals surface area contributed by atoms with Crippen molar-refractivity contribution in [3.05, 3.63) is 53.7 Å². The third-order valence-electron chi connectivity index (χ3n) is 2.64. The van der Waals surface area contributed by atoms with E-state index in [0.717, 1.165) is 24.2 Å². The van der Waals surface area contributed by atoms with E-state index in [-0.39, 0.29) is 18.3 Å². The van der Waals surface area contributed by atoms with Gasteiger partial charge in [-0.3, -0.25) is 0 Å². The number of benzene rings is 1. The van der Waals surface area contributed by atoms with E-state index in [2.05, 4.69) is 4.98 Å². The summed E-state index contributed by atoms with van der Waals surface area (Å²) in [6.45, 7) is 0.556. The molecule has 0 saturated carbocycles. The van der Waals surface area contributed by atoms with Gasteiger partial charge < -0.3 is 10.5 Å². The lowest BCUT2D eigenvalue weighted by atomic mass is 10.1. The first-order valence-electron chi connectivity index (χ1n) is 5.99. The van der Waals surface area contributed by atoms with Crippen LogP contribution in [0.5, 0.6) is 11.6 Å². The Balaban J connectivity index is 0.00000220. The molecule has 7 heteroatoms. The first-order chi connectivity index (χ1) is 9.49. The molecule has 0 aliphatic rings. The molecule has 2 N–H and O–H groups in total. The first kappa shape index (κ1) is 17.3. The van der Waals surface area contributed by atoms with Gasteiger partial charge in [0.25, 0.3) is 0 Å². The Morgan fingerprint density at radius 1 is 1.05 bits per heavy atom. The van der Waals surface area contributed by atoms with Crippen molar-refractivity contribution in [2.24, 2.45) is 5.73 Å².